The van der Waals surface area contributed by atoms with Crippen molar-refractivity contribution in [2.75, 3.05) is 12.8 Å². The van der Waals surface area contributed by atoms with Gasteiger partial charge in [0.1, 0.15) is 5.82 Å². The second-order valence-electron chi connectivity index (χ2n) is 4.56. The van der Waals surface area contributed by atoms with E-state index in [1.807, 2.05) is 13.2 Å². The Balaban J connectivity index is 2.28. The van der Waals surface area contributed by atoms with Gasteiger partial charge < -0.3 is 9.88 Å². The quantitative estimate of drug-likeness (QED) is 0.875. The third-order valence-electron chi connectivity index (χ3n) is 3.50. The lowest BCUT2D eigenvalue weighted by Gasteiger charge is -2.32. The fourth-order valence-electron chi connectivity index (χ4n) is 2.58. The second-order valence-corrected chi connectivity index (χ2v) is 6.19. The van der Waals surface area contributed by atoms with Crippen LogP contribution in [0.5, 0.6) is 0 Å². The maximum Gasteiger partial charge on any atom is 0.127 e. The number of aromatic nitrogens is 2. The minimum absolute atomic E-state index is 0.299. The molecule has 1 aromatic rings. The second kappa shape index (κ2) is 4.80. The molecule has 0 aromatic carbocycles. The van der Waals surface area contributed by atoms with Crippen molar-refractivity contribution in [3.8, 4) is 0 Å². The van der Waals surface area contributed by atoms with Gasteiger partial charge in [0.25, 0.3) is 0 Å². The highest BCUT2D eigenvalue weighted by Gasteiger charge is 2.39. The van der Waals surface area contributed by atoms with Crippen molar-refractivity contribution < 1.29 is 0 Å². The number of hydrogen-bond acceptors (Lipinski definition) is 3. The fourth-order valence-corrected chi connectivity index (χ4v) is 4.02. The van der Waals surface area contributed by atoms with Crippen molar-refractivity contribution in [1.82, 2.24) is 14.9 Å². The molecule has 1 aromatic heterocycles. The summed E-state index contributed by atoms with van der Waals surface area (Å²) in [4.78, 5) is 4.54. The van der Waals surface area contributed by atoms with Crippen LogP contribution in [0.4, 0.5) is 0 Å². The highest BCUT2D eigenvalue weighted by Crippen LogP contribution is 2.45. The van der Waals surface area contributed by atoms with Crippen molar-refractivity contribution >= 4 is 11.8 Å². The summed E-state index contributed by atoms with van der Waals surface area (Å²) in [6.07, 6.45) is 6.58. The zero-order valence-corrected chi connectivity index (χ0v) is 11.2. The number of hydrogen-bond donors (Lipinski definition) is 1. The van der Waals surface area contributed by atoms with Gasteiger partial charge in [-0.1, -0.05) is 0 Å². The Bertz CT molecular complexity index is 342. The third kappa shape index (κ3) is 2.00. The van der Waals surface area contributed by atoms with Crippen molar-refractivity contribution in [3.05, 3.63) is 18.2 Å². The monoisotopic (exact) mass is 239 g/mol. The van der Waals surface area contributed by atoms with Gasteiger partial charge in [-0.3, -0.25) is 0 Å². The van der Waals surface area contributed by atoms with E-state index in [0.717, 1.165) is 6.54 Å². The van der Waals surface area contributed by atoms with Gasteiger partial charge in [0.2, 0.25) is 0 Å². The molecule has 90 valence electrons. The molecule has 0 aliphatic carbocycles. The van der Waals surface area contributed by atoms with Crippen LogP contribution >= 0.6 is 11.8 Å². The maximum absolute atomic E-state index is 4.54. The standard InChI is InChI=1S/C12H21N3S/c1-4-15-8-7-14-11(15)10(13-3)12(2)6-5-9-16-12/h7-8,10,13H,4-6,9H2,1-3H3. The molecule has 2 atom stereocenters. The lowest BCUT2D eigenvalue weighted by atomic mass is 9.95. The summed E-state index contributed by atoms with van der Waals surface area (Å²) in [6.45, 7) is 5.52. The summed E-state index contributed by atoms with van der Waals surface area (Å²) in [7, 11) is 2.05. The topological polar surface area (TPSA) is 29.9 Å². The van der Waals surface area contributed by atoms with Crippen LogP contribution in [0.3, 0.4) is 0 Å². The van der Waals surface area contributed by atoms with E-state index >= 15 is 0 Å². The van der Waals surface area contributed by atoms with Gasteiger partial charge in [0.05, 0.1) is 6.04 Å². The van der Waals surface area contributed by atoms with Crippen LogP contribution in [0, 0.1) is 0 Å². The van der Waals surface area contributed by atoms with Gasteiger partial charge in [0.15, 0.2) is 0 Å². The minimum atomic E-state index is 0.299. The van der Waals surface area contributed by atoms with E-state index in [4.69, 9.17) is 0 Å². The summed E-state index contributed by atoms with van der Waals surface area (Å²) >= 11 is 2.08. The molecule has 1 saturated heterocycles. The van der Waals surface area contributed by atoms with E-state index in [2.05, 4.69) is 46.7 Å². The molecule has 0 bridgehead atoms. The van der Waals surface area contributed by atoms with E-state index in [-0.39, 0.29) is 0 Å². The Kier molecular flexibility index (Phi) is 3.60. The number of rotatable bonds is 4. The molecule has 2 rings (SSSR count). The number of aryl methyl sites for hydroxylation is 1. The highest BCUT2D eigenvalue weighted by atomic mass is 32.2. The Morgan fingerprint density at radius 2 is 2.50 bits per heavy atom. The molecule has 1 aliphatic rings. The number of nitrogens with zero attached hydrogens (tertiary/aromatic N) is 2. The first-order valence-corrected chi connectivity index (χ1v) is 7.02. The van der Waals surface area contributed by atoms with E-state index in [0.29, 0.717) is 10.8 Å². The normalized spacial score (nSPS) is 27.2. The molecule has 0 saturated carbocycles. The van der Waals surface area contributed by atoms with Crippen LogP contribution in [0.1, 0.15) is 38.6 Å². The number of nitrogens with one attached hydrogen (secondary N) is 1. The van der Waals surface area contributed by atoms with Crippen LogP contribution < -0.4 is 5.32 Å². The summed E-state index contributed by atoms with van der Waals surface area (Å²) in [5.74, 6) is 2.46. The first kappa shape index (κ1) is 12.0. The van der Waals surface area contributed by atoms with Crippen molar-refractivity contribution in [3.63, 3.8) is 0 Å². The van der Waals surface area contributed by atoms with Crippen LogP contribution in [0.2, 0.25) is 0 Å². The minimum Gasteiger partial charge on any atom is -0.334 e. The maximum atomic E-state index is 4.54. The van der Waals surface area contributed by atoms with Crippen LogP contribution in [0.25, 0.3) is 0 Å². The van der Waals surface area contributed by atoms with Gasteiger partial charge in [-0.2, -0.15) is 11.8 Å². The van der Waals surface area contributed by atoms with Crippen LogP contribution in [0.15, 0.2) is 12.4 Å². The molecule has 16 heavy (non-hydrogen) atoms. The summed E-state index contributed by atoms with van der Waals surface area (Å²) in [6, 6.07) is 0.356. The van der Waals surface area contributed by atoms with Crippen molar-refractivity contribution in [2.24, 2.45) is 0 Å². The van der Waals surface area contributed by atoms with Crippen LogP contribution in [-0.2, 0) is 6.54 Å². The molecule has 1 aliphatic heterocycles. The fraction of sp³-hybridized carbons (Fsp3) is 0.750. The van der Waals surface area contributed by atoms with E-state index < -0.39 is 0 Å². The van der Waals surface area contributed by atoms with Gasteiger partial charge in [-0.15, -0.1) is 0 Å². The molecule has 1 fully saturated rings. The Hall–Kier alpha value is -0.480. The molecule has 2 heterocycles. The Morgan fingerprint density at radius 1 is 1.69 bits per heavy atom. The number of imidazole rings is 1. The first-order chi connectivity index (χ1) is 7.71. The molecule has 0 amide bonds. The summed E-state index contributed by atoms with van der Waals surface area (Å²) in [5, 5.41) is 3.46. The Morgan fingerprint density at radius 3 is 3.06 bits per heavy atom. The molecule has 2 unspecified atom stereocenters. The van der Waals surface area contributed by atoms with Gasteiger partial charge >= 0.3 is 0 Å². The zero-order chi connectivity index (χ0) is 11.6. The van der Waals surface area contributed by atoms with Crippen molar-refractivity contribution in [1.29, 1.82) is 0 Å². The SMILES string of the molecule is CCn1ccnc1C(NC)C1(C)CCCS1. The average Bonchev–Trinajstić information content (AvgIpc) is 2.89. The molecule has 0 spiro atoms. The first-order valence-electron chi connectivity index (χ1n) is 6.03. The largest absolute Gasteiger partial charge is 0.334 e. The third-order valence-corrected chi connectivity index (χ3v) is 5.09. The van der Waals surface area contributed by atoms with E-state index in [1.165, 1.54) is 24.4 Å². The molecular formula is C12H21N3S. The van der Waals surface area contributed by atoms with Crippen molar-refractivity contribution in [2.45, 2.75) is 44.0 Å². The molecule has 1 N–H and O–H groups in total. The highest BCUT2D eigenvalue weighted by molar-refractivity contribution is 8.00. The molecule has 3 nitrogen and oxygen atoms in total. The van der Waals surface area contributed by atoms with Gasteiger partial charge in [-0.25, -0.2) is 4.98 Å². The summed E-state index contributed by atoms with van der Waals surface area (Å²) in [5.41, 5.74) is 0. The molecular weight excluding hydrogens is 218 g/mol. The lowest BCUT2D eigenvalue weighted by molar-refractivity contribution is 0.409. The van der Waals surface area contributed by atoms with Crippen LogP contribution in [-0.4, -0.2) is 27.1 Å². The predicted octanol–water partition coefficient (Wildman–Crippen LogP) is 2.45. The Labute approximate surface area is 102 Å². The summed E-state index contributed by atoms with van der Waals surface area (Å²) < 4.78 is 2.54. The molecule has 0 radical (unpaired) electrons. The van der Waals surface area contributed by atoms with E-state index in [1.54, 1.807) is 0 Å². The molecule has 4 heteroatoms. The zero-order valence-electron chi connectivity index (χ0n) is 10.4. The smallest absolute Gasteiger partial charge is 0.127 e. The average molecular weight is 239 g/mol. The van der Waals surface area contributed by atoms with E-state index in [9.17, 15) is 0 Å². The number of thioether (sulfide) groups is 1. The van der Waals surface area contributed by atoms with Gasteiger partial charge in [-0.05, 0) is 39.5 Å². The lowest BCUT2D eigenvalue weighted by Crippen LogP contribution is -2.37. The van der Waals surface area contributed by atoms with Gasteiger partial charge in [0, 0.05) is 23.7 Å². The predicted molar refractivity (Wildman–Crippen MR) is 69.8 cm³/mol.